The summed E-state index contributed by atoms with van der Waals surface area (Å²) in [5.74, 6) is 0.128. The van der Waals surface area contributed by atoms with Gasteiger partial charge in [-0.05, 0) is 43.3 Å². The van der Waals surface area contributed by atoms with Gasteiger partial charge < -0.3 is 15.3 Å². The fourth-order valence-electron chi connectivity index (χ4n) is 3.06. The van der Waals surface area contributed by atoms with Gasteiger partial charge >= 0.3 is 0 Å². The number of nitrogens with zero attached hydrogens (tertiary/aromatic N) is 2. The largest absolute Gasteiger partial charge is 0.508 e. The van der Waals surface area contributed by atoms with Crippen LogP contribution >= 0.6 is 0 Å². The van der Waals surface area contributed by atoms with Crippen LogP contribution in [0.15, 0.2) is 48.5 Å². The molecule has 2 aromatic carbocycles. The van der Waals surface area contributed by atoms with Crippen molar-refractivity contribution in [3.63, 3.8) is 0 Å². The summed E-state index contributed by atoms with van der Waals surface area (Å²) >= 11 is 0. The van der Waals surface area contributed by atoms with E-state index < -0.39 is 0 Å². The van der Waals surface area contributed by atoms with Gasteiger partial charge in [-0.2, -0.15) is 5.10 Å². The van der Waals surface area contributed by atoms with Gasteiger partial charge in [0.05, 0.1) is 18.8 Å². The maximum Gasteiger partial charge on any atom is 0.256 e. The van der Waals surface area contributed by atoms with Crippen molar-refractivity contribution in [1.29, 1.82) is 0 Å². The number of fused-ring (bicyclic) bond motifs is 1. The minimum atomic E-state index is -0.326. The van der Waals surface area contributed by atoms with Crippen LogP contribution in [0.4, 0.5) is 5.82 Å². The standard InChI is InChI=1S/C20H18N4O3/c1-12-2-4-14(5-3-12)20(27)24-10-16-17(11-24)22-23-18(16)21-19(26)13-6-8-15(25)9-7-13/h2-9,25H,10-11H2,1H3,(H2,21,22,23,26). The third kappa shape index (κ3) is 3.27. The molecule has 0 atom stereocenters. The van der Waals surface area contributed by atoms with Crippen LogP contribution in [0.25, 0.3) is 0 Å². The van der Waals surface area contributed by atoms with Crippen molar-refractivity contribution < 1.29 is 14.7 Å². The van der Waals surface area contributed by atoms with Crippen LogP contribution in [-0.2, 0) is 13.1 Å². The van der Waals surface area contributed by atoms with E-state index in [1.54, 1.807) is 4.90 Å². The molecule has 2 amide bonds. The third-order valence-electron chi connectivity index (χ3n) is 4.60. The number of benzene rings is 2. The number of anilines is 1. The van der Waals surface area contributed by atoms with Gasteiger partial charge in [0.15, 0.2) is 5.82 Å². The van der Waals surface area contributed by atoms with Gasteiger partial charge in [0.25, 0.3) is 11.8 Å². The lowest BCUT2D eigenvalue weighted by Gasteiger charge is -2.16. The fraction of sp³-hybridized carbons (Fsp3) is 0.150. The number of aromatic nitrogens is 2. The number of aromatic hydroxyl groups is 1. The molecule has 7 heteroatoms. The van der Waals surface area contributed by atoms with E-state index in [0.717, 1.165) is 16.8 Å². The highest BCUT2D eigenvalue weighted by Gasteiger charge is 2.29. The van der Waals surface area contributed by atoms with E-state index in [-0.39, 0.29) is 17.6 Å². The summed E-state index contributed by atoms with van der Waals surface area (Å²) in [6, 6.07) is 13.4. The molecule has 3 aromatic rings. The molecule has 27 heavy (non-hydrogen) atoms. The first kappa shape index (κ1) is 16.8. The number of nitrogens with one attached hydrogen (secondary N) is 2. The molecular weight excluding hydrogens is 344 g/mol. The van der Waals surface area contributed by atoms with E-state index in [2.05, 4.69) is 15.5 Å². The van der Waals surface area contributed by atoms with Crippen molar-refractivity contribution in [2.75, 3.05) is 5.32 Å². The van der Waals surface area contributed by atoms with E-state index in [1.165, 1.54) is 24.3 Å². The topological polar surface area (TPSA) is 98.3 Å². The van der Waals surface area contributed by atoms with Crippen molar-refractivity contribution in [2.24, 2.45) is 0 Å². The lowest BCUT2D eigenvalue weighted by atomic mass is 10.1. The number of carbonyl (C=O) groups excluding carboxylic acids is 2. The molecule has 1 aliphatic rings. The summed E-state index contributed by atoms with van der Waals surface area (Å²) in [6.07, 6.45) is 0. The van der Waals surface area contributed by atoms with E-state index in [0.29, 0.717) is 30.0 Å². The van der Waals surface area contributed by atoms with Crippen molar-refractivity contribution in [3.8, 4) is 5.75 Å². The number of phenolic OH excluding ortho intramolecular Hbond substituents is 1. The molecule has 0 saturated heterocycles. The molecule has 0 spiro atoms. The Labute approximate surface area is 155 Å². The first-order chi connectivity index (χ1) is 13.0. The van der Waals surface area contributed by atoms with Crippen molar-refractivity contribution in [1.82, 2.24) is 15.1 Å². The van der Waals surface area contributed by atoms with Crippen LogP contribution in [0, 0.1) is 6.92 Å². The second kappa shape index (κ2) is 6.60. The van der Waals surface area contributed by atoms with Crippen molar-refractivity contribution in [3.05, 3.63) is 76.5 Å². The SMILES string of the molecule is Cc1ccc(C(=O)N2Cc3[nH]nc(NC(=O)c4ccc(O)cc4)c3C2)cc1. The third-order valence-corrected chi connectivity index (χ3v) is 4.60. The van der Waals surface area contributed by atoms with E-state index >= 15 is 0 Å². The summed E-state index contributed by atoms with van der Waals surface area (Å²) in [6.45, 7) is 2.78. The highest BCUT2D eigenvalue weighted by Crippen LogP contribution is 2.28. The van der Waals surface area contributed by atoms with Crippen LogP contribution in [0.3, 0.4) is 0 Å². The average Bonchev–Trinajstić information content (AvgIpc) is 3.24. The lowest BCUT2D eigenvalue weighted by Crippen LogP contribution is -2.26. The zero-order valence-electron chi connectivity index (χ0n) is 14.7. The quantitative estimate of drug-likeness (QED) is 0.667. The Morgan fingerprint density at radius 1 is 1.04 bits per heavy atom. The average molecular weight is 362 g/mol. The number of H-pyrrole nitrogens is 1. The van der Waals surface area contributed by atoms with Gasteiger partial charge in [0.2, 0.25) is 0 Å². The van der Waals surface area contributed by atoms with Crippen molar-refractivity contribution in [2.45, 2.75) is 20.0 Å². The van der Waals surface area contributed by atoms with E-state index in [9.17, 15) is 14.7 Å². The van der Waals surface area contributed by atoms with E-state index in [1.807, 2.05) is 31.2 Å². The maximum atomic E-state index is 12.7. The molecule has 0 fully saturated rings. The first-order valence-electron chi connectivity index (χ1n) is 8.53. The fourth-order valence-corrected chi connectivity index (χ4v) is 3.06. The molecule has 4 rings (SSSR count). The summed E-state index contributed by atoms with van der Waals surface area (Å²) in [4.78, 5) is 26.8. The molecule has 2 heterocycles. The van der Waals surface area contributed by atoms with Crippen LogP contribution in [0.1, 0.15) is 37.5 Å². The number of hydrogen-bond acceptors (Lipinski definition) is 4. The summed E-state index contributed by atoms with van der Waals surface area (Å²) in [5.41, 5.74) is 3.77. The monoisotopic (exact) mass is 362 g/mol. The highest BCUT2D eigenvalue weighted by atomic mass is 16.3. The number of aryl methyl sites for hydroxylation is 1. The van der Waals surface area contributed by atoms with Crippen LogP contribution in [-0.4, -0.2) is 32.0 Å². The van der Waals surface area contributed by atoms with Gasteiger partial charge in [-0.1, -0.05) is 17.7 Å². The molecule has 7 nitrogen and oxygen atoms in total. The Morgan fingerprint density at radius 3 is 2.41 bits per heavy atom. The Morgan fingerprint density at radius 2 is 1.70 bits per heavy atom. The normalized spacial score (nSPS) is 12.7. The Kier molecular flexibility index (Phi) is 4.12. The molecule has 0 unspecified atom stereocenters. The molecule has 1 aliphatic heterocycles. The lowest BCUT2D eigenvalue weighted by molar-refractivity contribution is 0.0749. The van der Waals surface area contributed by atoms with Gasteiger partial charge in [0.1, 0.15) is 5.75 Å². The Hall–Kier alpha value is -3.61. The smallest absolute Gasteiger partial charge is 0.256 e. The molecule has 0 bridgehead atoms. The van der Waals surface area contributed by atoms with E-state index in [4.69, 9.17) is 0 Å². The number of amides is 2. The molecule has 136 valence electrons. The molecular formula is C20H18N4O3. The minimum absolute atomic E-state index is 0.0598. The number of aromatic amines is 1. The van der Waals surface area contributed by atoms with Crippen LogP contribution in [0.5, 0.6) is 5.75 Å². The van der Waals surface area contributed by atoms with Crippen molar-refractivity contribution >= 4 is 17.6 Å². The maximum absolute atomic E-state index is 12.7. The summed E-state index contributed by atoms with van der Waals surface area (Å²) < 4.78 is 0. The number of carbonyl (C=O) groups is 2. The second-order valence-corrected chi connectivity index (χ2v) is 6.56. The van der Waals surface area contributed by atoms with Gasteiger partial charge in [-0.25, -0.2) is 0 Å². The molecule has 0 saturated carbocycles. The van der Waals surface area contributed by atoms with Gasteiger partial charge in [0, 0.05) is 16.7 Å². The van der Waals surface area contributed by atoms with Crippen LogP contribution < -0.4 is 5.32 Å². The Bertz CT molecular complexity index is 1010. The second-order valence-electron chi connectivity index (χ2n) is 6.56. The predicted octanol–water partition coefficient (Wildman–Crippen LogP) is 2.83. The predicted molar refractivity (Wildman–Crippen MR) is 99.4 cm³/mol. The molecule has 0 aliphatic carbocycles. The highest BCUT2D eigenvalue weighted by molar-refractivity contribution is 6.04. The first-order valence-corrected chi connectivity index (χ1v) is 8.53. The number of rotatable bonds is 3. The zero-order chi connectivity index (χ0) is 19.0. The van der Waals surface area contributed by atoms with Gasteiger partial charge in [-0.15, -0.1) is 0 Å². The zero-order valence-corrected chi connectivity index (χ0v) is 14.7. The number of hydrogen-bond donors (Lipinski definition) is 3. The molecule has 0 radical (unpaired) electrons. The molecule has 3 N–H and O–H groups in total. The van der Waals surface area contributed by atoms with Gasteiger partial charge in [-0.3, -0.25) is 14.7 Å². The summed E-state index contributed by atoms with van der Waals surface area (Å²) in [5, 5.41) is 19.1. The number of phenols is 1. The Balaban J connectivity index is 1.48. The summed E-state index contributed by atoms with van der Waals surface area (Å²) in [7, 11) is 0. The van der Waals surface area contributed by atoms with Crippen LogP contribution in [0.2, 0.25) is 0 Å². The minimum Gasteiger partial charge on any atom is -0.508 e. The molecule has 1 aromatic heterocycles.